The molecule has 0 spiro atoms. The highest BCUT2D eigenvalue weighted by Gasteiger charge is 2.20. The summed E-state index contributed by atoms with van der Waals surface area (Å²) in [6, 6.07) is 17.7. The van der Waals surface area contributed by atoms with Crippen LogP contribution >= 0.6 is 39.0 Å². The number of ether oxygens (including phenoxy) is 1. The van der Waals surface area contributed by atoms with Crippen LogP contribution in [0.3, 0.4) is 0 Å². The first-order valence-corrected chi connectivity index (χ1v) is 12.2. The van der Waals surface area contributed by atoms with Crippen molar-refractivity contribution in [2.24, 2.45) is 0 Å². The second kappa shape index (κ2) is 10.3. The van der Waals surface area contributed by atoms with Crippen LogP contribution in [0, 0.1) is 0 Å². The quantitative estimate of drug-likeness (QED) is 0.263. The Hall–Kier alpha value is -2.42. The van der Waals surface area contributed by atoms with E-state index in [1.807, 2.05) is 54.6 Å². The molecule has 0 radical (unpaired) electrons. The number of benzene rings is 2. The Labute approximate surface area is 197 Å². The molecule has 0 fully saturated rings. The van der Waals surface area contributed by atoms with Gasteiger partial charge in [0.2, 0.25) is 5.91 Å². The third-order valence-corrected chi connectivity index (χ3v) is 7.13. The van der Waals surface area contributed by atoms with Crippen LogP contribution in [0.4, 0.5) is 5.13 Å². The van der Waals surface area contributed by atoms with Gasteiger partial charge in [0.05, 0.1) is 23.9 Å². The lowest BCUT2D eigenvalue weighted by atomic mass is 10.2. The van der Waals surface area contributed by atoms with Gasteiger partial charge in [0.15, 0.2) is 5.13 Å². The van der Waals surface area contributed by atoms with E-state index in [-0.39, 0.29) is 5.91 Å². The summed E-state index contributed by atoms with van der Waals surface area (Å²) in [4.78, 5) is 25.0. The lowest BCUT2D eigenvalue weighted by molar-refractivity contribution is -0.118. The van der Waals surface area contributed by atoms with Gasteiger partial charge in [-0.2, -0.15) is 0 Å². The van der Waals surface area contributed by atoms with Crippen molar-refractivity contribution in [3.05, 3.63) is 77.0 Å². The molecule has 0 bridgehead atoms. The number of carbonyl (C=O) groups excluding carboxylic acids is 1. The topological polar surface area (TPSA) is 55.3 Å². The van der Waals surface area contributed by atoms with Gasteiger partial charge in [0, 0.05) is 33.9 Å². The highest BCUT2D eigenvalue weighted by atomic mass is 79.9. The lowest BCUT2D eigenvalue weighted by Gasteiger charge is -2.20. The molecule has 31 heavy (non-hydrogen) atoms. The number of rotatable bonds is 8. The number of nitrogens with zero attached hydrogens (tertiary/aromatic N) is 3. The van der Waals surface area contributed by atoms with Crippen LogP contribution < -0.4 is 9.64 Å². The number of carbonyl (C=O) groups is 1. The van der Waals surface area contributed by atoms with Crippen LogP contribution in [0.15, 0.2) is 76.4 Å². The minimum absolute atomic E-state index is 0.0444. The summed E-state index contributed by atoms with van der Waals surface area (Å²) in [6.45, 7) is 0.445. The smallest absolute Gasteiger partial charge is 0.229 e. The maximum atomic E-state index is 13.2. The van der Waals surface area contributed by atoms with Gasteiger partial charge >= 0.3 is 0 Å². The maximum absolute atomic E-state index is 13.2. The predicted octanol–water partition coefficient (Wildman–Crippen LogP) is 6.18. The van der Waals surface area contributed by atoms with Crippen LogP contribution in [-0.4, -0.2) is 28.7 Å². The fourth-order valence-electron chi connectivity index (χ4n) is 3.00. The summed E-state index contributed by atoms with van der Waals surface area (Å²) >= 11 is 6.69. The van der Waals surface area contributed by atoms with E-state index in [4.69, 9.17) is 9.72 Å². The van der Waals surface area contributed by atoms with E-state index in [2.05, 4.69) is 20.9 Å². The van der Waals surface area contributed by atoms with Gasteiger partial charge in [-0.1, -0.05) is 33.3 Å². The zero-order chi connectivity index (χ0) is 21.6. The molecule has 5 nitrogen and oxygen atoms in total. The molecule has 2 aromatic carbocycles. The fraction of sp³-hybridized carbons (Fsp3) is 0.174. The van der Waals surface area contributed by atoms with E-state index in [1.54, 1.807) is 36.2 Å². The van der Waals surface area contributed by atoms with Gasteiger partial charge in [-0.15, -0.1) is 11.8 Å². The van der Waals surface area contributed by atoms with Crippen LogP contribution in [0.25, 0.3) is 10.2 Å². The number of amides is 1. The molecule has 158 valence electrons. The Morgan fingerprint density at radius 1 is 1.19 bits per heavy atom. The summed E-state index contributed by atoms with van der Waals surface area (Å²) in [5.74, 6) is 1.55. The monoisotopic (exact) mass is 513 g/mol. The average Bonchev–Trinajstić information content (AvgIpc) is 3.21. The average molecular weight is 514 g/mol. The van der Waals surface area contributed by atoms with Crippen LogP contribution in [0.1, 0.15) is 12.0 Å². The Morgan fingerprint density at radius 3 is 2.77 bits per heavy atom. The standard InChI is InChI=1S/C23H20BrN3O2S2/c1-29-18-5-7-19(8-6-18)30-12-10-22(28)27(15-16-3-2-11-25-14-16)23-26-20-9-4-17(24)13-21(20)31-23/h2-9,11,13-14H,10,12,15H2,1H3. The van der Waals surface area contributed by atoms with E-state index in [1.165, 1.54) is 11.3 Å². The fourth-order valence-corrected chi connectivity index (χ4v) is 5.38. The highest BCUT2D eigenvalue weighted by Crippen LogP contribution is 2.32. The number of pyridine rings is 1. The number of aromatic nitrogens is 2. The number of thioether (sulfide) groups is 1. The normalized spacial score (nSPS) is 10.9. The SMILES string of the molecule is COc1ccc(SCCC(=O)N(Cc2cccnc2)c2nc3ccc(Br)cc3s2)cc1. The Kier molecular flexibility index (Phi) is 7.21. The van der Waals surface area contributed by atoms with Crippen molar-refractivity contribution in [3.63, 3.8) is 0 Å². The van der Waals surface area contributed by atoms with Crippen LogP contribution in [0.2, 0.25) is 0 Å². The van der Waals surface area contributed by atoms with Crippen molar-refractivity contribution in [2.45, 2.75) is 17.9 Å². The molecule has 8 heteroatoms. The van der Waals surface area contributed by atoms with Gasteiger partial charge in [-0.25, -0.2) is 4.98 Å². The van der Waals surface area contributed by atoms with E-state index < -0.39 is 0 Å². The first kappa shape index (κ1) is 21.8. The molecule has 1 amide bonds. The predicted molar refractivity (Wildman–Crippen MR) is 131 cm³/mol. The third-order valence-electron chi connectivity index (χ3n) is 4.58. The van der Waals surface area contributed by atoms with Gasteiger partial charge in [-0.05, 0) is 54.1 Å². The largest absolute Gasteiger partial charge is 0.497 e. The molecule has 2 aromatic heterocycles. The third kappa shape index (κ3) is 5.64. The van der Waals surface area contributed by atoms with Gasteiger partial charge in [0.1, 0.15) is 5.75 Å². The van der Waals surface area contributed by atoms with Gasteiger partial charge in [0.25, 0.3) is 0 Å². The summed E-state index contributed by atoms with van der Waals surface area (Å²) in [6.07, 6.45) is 3.93. The summed E-state index contributed by atoms with van der Waals surface area (Å²) in [7, 11) is 1.65. The molecule has 0 saturated carbocycles. The number of thiazole rings is 1. The second-order valence-electron chi connectivity index (χ2n) is 6.72. The summed E-state index contributed by atoms with van der Waals surface area (Å²) in [5.41, 5.74) is 1.86. The van der Waals surface area contributed by atoms with Crippen molar-refractivity contribution in [3.8, 4) is 5.75 Å². The molecular formula is C23H20BrN3O2S2. The summed E-state index contributed by atoms with van der Waals surface area (Å²) in [5, 5.41) is 0.705. The van der Waals surface area contributed by atoms with Crippen molar-refractivity contribution in [1.82, 2.24) is 9.97 Å². The van der Waals surface area contributed by atoms with Crippen LogP contribution in [0.5, 0.6) is 5.75 Å². The zero-order valence-corrected chi connectivity index (χ0v) is 20.0. The summed E-state index contributed by atoms with van der Waals surface area (Å²) < 4.78 is 7.24. The molecule has 0 unspecified atom stereocenters. The van der Waals surface area contributed by atoms with E-state index in [0.29, 0.717) is 23.8 Å². The Bertz CT molecular complexity index is 1170. The molecule has 4 rings (SSSR count). The number of hydrogen-bond acceptors (Lipinski definition) is 6. The first-order chi connectivity index (χ1) is 15.1. The zero-order valence-electron chi connectivity index (χ0n) is 16.8. The number of methoxy groups -OCH3 is 1. The van der Waals surface area contributed by atoms with E-state index in [0.717, 1.165) is 30.9 Å². The van der Waals surface area contributed by atoms with Crippen molar-refractivity contribution < 1.29 is 9.53 Å². The minimum Gasteiger partial charge on any atom is -0.497 e. The molecule has 0 atom stereocenters. The molecule has 0 saturated heterocycles. The molecule has 0 N–H and O–H groups in total. The maximum Gasteiger partial charge on any atom is 0.229 e. The van der Waals surface area contributed by atoms with E-state index in [9.17, 15) is 4.79 Å². The van der Waals surface area contributed by atoms with Crippen molar-refractivity contribution in [2.75, 3.05) is 17.8 Å². The van der Waals surface area contributed by atoms with Crippen LogP contribution in [-0.2, 0) is 11.3 Å². The minimum atomic E-state index is 0.0444. The molecular weight excluding hydrogens is 494 g/mol. The first-order valence-electron chi connectivity index (χ1n) is 9.64. The molecule has 4 aromatic rings. The molecule has 0 aliphatic heterocycles. The highest BCUT2D eigenvalue weighted by molar-refractivity contribution is 9.10. The number of fused-ring (bicyclic) bond motifs is 1. The van der Waals surface area contributed by atoms with Gasteiger partial charge < -0.3 is 4.74 Å². The van der Waals surface area contributed by atoms with E-state index >= 15 is 0 Å². The second-order valence-corrected chi connectivity index (χ2v) is 9.82. The van der Waals surface area contributed by atoms with Crippen molar-refractivity contribution >= 4 is 60.3 Å². The molecule has 2 heterocycles. The number of hydrogen-bond donors (Lipinski definition) is 0. The lowest BCUT2D eigenvalue weighted by Crippen LogP contribution is -2.30. The molecule has 0 aliphatic carbocycles. The Morgan fingerprint density at radius 2 is 2.03 bits per heavy atom. The number of halogens is 1. The molecule has 0 aliphatic rings. The Balaban J connectivity index is 1.50. The van der Waals surface area contributed by atoms with Crippen molar-refractivity contribution in [1.29, 1.82) is 0 Å². The van der Waals surface area contributed by atoms with Gasteiger partial charge in [-0.3, -0.25) is 14.7 Å². The number of anilines is 1.